The van der Waals surface area contributed by atoms with Crippen molar-refractivity contribution in [2.75, 3.05) is 32.8 Å². The number of nitrogens with zero attached hydrogens (tertiary/aromatic N) is 1. The third kappa shape index (κ3) is 5.73. The summed E-state index contributed by atoms with van der Waals surface area (Å²) in [5, 5.41) is 3.25. The van der Waals surface area contributed by atoms with Crippen molar-refractivity contribution in [3.8, 4) is 0 Å². The second-order valence-electron chi connectivity index (χ2n) is 5.66. The molecule has 0 radical (unpaired) electrons. The molecule has 0 saturated carbocycles. The summed E-state index contributed by atoms with van der Waals surface area (Å²) >= 11 is 0. The average molecular weight is 294 g/mol. The number of benzene rings is 1. The fraction of sp³-hybridized carbons (Fsp3) is 0.647. The molecule has 1 fully saturated rings. The topological polar surface area (TPSA) is 24.5 Å². The van der Waals surface area contributed by atoms with Crippen LogP contribution in [0.5, 0.6) is 0 Å². The molecular formula is C17H27FN2O. The molecule has 1 aliphatic heterocycles. The largest absolute Gasteiger partial charge is 0.375 e. The molecule has 0 aromatic heterocycles. The van der Waals surface area contributed by atoms with E-state index in [-0.39, 0.29) is 5.82 Å². The van der Waals surface area contributed by atoms with Crippen molar-refractivity contribution in [3.63, 3.8) is 0 Å². The number of nitrogens with one attached hydrogen (secondary N) is 1. The normalized spacial score (nSPS) is 16.3. The second-order valence-corrected chi connectivity index (χ2v) is 5.66. The van der Waals surface area contributed by atoms with Gasteiger partial charge in [-0.15, -0.1) is 0 Å². The molecule has 3 nitrogen and oxygen atoms in total. The quantitative estimate of drug-likeness (QED) is 0.746. The van der Waals surface area contributed by atoms with Crippen molar-refractivity contribution in [2.45, 2.75) is 39.3 Å². The van der Waals surface area contributed by atoms with Gasteiger partial charge < -0.3 is 15.0 Å². The number of ether oxygens (including phenoxy) is 1. The van der Waals surface area contributed by atoms with Crippen LogP contribution in [0.2, 0.25) is 0 Å². The number of hydrogen-bond donors (Lipinski definition) is 1. The molecule has 1 aromatic rings. The molecule has 4 heteroatoms. The summed E-state index contributed by atoms with van der Waals surface area (Å²) in [5.41, 5.74) is 1.76. The van der Waals surface area contributed by atoms with E-state index < -0.39 is 0 Å². The Kier molecular flexibility index (Phi) is 7.13. The van der Waals surface area contributed by atoms with Gasteiger partial charge in [0.15, 0.2) is 0 Å². The fourth-order valence-corrected chi connectivity index (χ4v) is 2.68. The predicted octanol–water partition coefficient (Wildman–Crippen LogP) is 2.94. The second kappa shape index (κ2) is 9.13. The van der Waals surface area contributed by atoms with Gasteiger partial charge in [-0.2, -0.15) is 0 Å². The molecule has 0 spiro atoms. The Balaban J connectivity index is 1.73. The molecule has 0 unspecified atom stereocenters. The molecular weight excluding hydrogens is 267 g/mol. The number of halogens is 1. The van der Waals surface area contributed by atoms with Gasteiger partial charge in [0.1, 0.15) is 5.82 Å². The first kappa shape index (κ1) is 16.4. The standard InChI is InChI=1S/C17H27FN2O/c1-2-19-13-15-6-7-17(18)16(12-15)14-21-11-10-20-8-4-3-5-9-20/h6-7,12,19H,2-5,8-11,13-14H2,1H3. The third-order valence-electron chi connectivity index (χ3n) is 3.95. The molecule has 0 atom stereocenters. The summed E-state index contributed by atoms with van der Waals surface area (Å²) in [4.78, 5) is 2.43. The molecule has 118 valence electrons. The highest BCUT2D eigenvalue weighted by Crippen LogP contribution is 2.12. The van der Waals surface area contributed by atoms with Crippen molar-refractivity contribution in [1.29, 1.82) is 0 Å². The first-order valence-corrected chi connectivity index (χ1v) is 8.07. The van der Waals surface area contributed by atoms with Gasteiger partial charge in [-0.3, -0.25) is 0 Å². The summed E-state index contributed by atoms with van der Waals surface area (Å²) in [6, 6.07) is 5.27. The van der Waals surface area contributed by atoms with E-state index in [0.717, 1.165) is 25.2 Å². The molecule has 0 amide bonds. The Bertz CT molecular complexity index is 419. The van der Waals surface area contributed by atoms with Gasteiger partial charge in [-0.1, -0.05) is 19.4 Å². The number of likely N-dealkylation sites (tertiary alicyclic amines) is 1. The van der Waals surface area contributed by atoms with Crippen LogP contribution in [-0.4, -0.2) is 37.7 Å². The minimum Gasteiger partial charge on any atom is -0.375 e. The minimum absolute atomic E-state index is 0.173. The summed E-state index contributed by atoms with van der Waals surface area (Å²) in [7, 11) is 0. The van der Waals surface area contributed by atoms with E-state index in [0.29, 0.717) is 18.8 Å². The molecule has 0 bridgehead atoms. The van der Waals surface area contributed by atoms with E-state index in [1.165, 1.54) is 38.4 Å². The van der Waals surface area contributed by atoms with Gasteiger partial charge in [-0.05, 0) is 50.2 Å². The molecule has 1 aromatic carbocycles. The number of hydrogen-bond acceptors (Lipinski definition) is 3. The lowest BCUT2D eigenvalue weighted by atomic mass is 10.1. The maximum Gasteiger partial charge on any atom is 0.128 e. The molecule has 21 heavy (non-hydrogen) atoms. The Morgan fingerprint density at radius 3 is 2.81 bits per heavy atom. The summed E-state index contributed by atoms with van der Waals surface area (Å²) in [5.74, 6) is -0.173. The Labute approximate surface area is 127 Å². The highest BCUT2D eigenvalue weighted by Gasteiger charge is 2.09. The molecule has 1 heterocycles. The minimum atomic E-state index is -0.173. The maximum absolute atomic E-state index is 13.8. The van der Waals surface area contributed by atoms with Crippen molar-refractivity contribution < 1.29 is 9.13 Å². The van der Waals surface area contributed by atoms with Crippen molar-refractivity contribution in [3.05, 3.63) is 35.1 Å². The lowest BCUT2D eigenvalue weighted by Crippen LogP contribution is -2.32. The third-order valence-corrected chi connectivity index (χ3v) is 3.95. The monoisotopic (exact) mass is 294 g/mol. The molecule has 2 rings (SSSR count). The van der Waals surface area contributed by atoms with E-state index in [1.54, 1.807) is 0 Å². The van der Waals surface area contributed by atoms with Gasteiger partial charge in [0, 0.05) is 18.7 Å². The van der Waals surface area contributed by atoms with Crippen LogP contribution < -0.4 is 5.32 Å². The van der Waals surface area contributed by atoms with E-state index in [9.17, 15) is 4.39 Å². The van der Waals surface area contributed by atoms with Crippen LogP contribution in [0.15, 0.2) is 18.2 Å². The van der Waals surface area contributed by atoms with E-state index in [1.807, 2.05) is 12.1 Å². The SMILES string of the molecule is CCNCc1ccc(F)c(COCCN2CCCCC2)c1. The highest BCUT2D eigenvalue weighted by molar-refractivity contribution is 5.24. The van der Waals surface area contributed by atoms with E-state index >= 15 is 0 Å². The number of piperidine rings is 1. The lowest BCUT2D eigenvalue weighted by molar-refractivity contribution is 0.0847. The fourth-order valence-electron chi connectivity index (χ4n) is 2.68. The average Bonchev–Trinajstić information content (AvgIpc) is 2.53. The van der Waals surface area contributed by atoms with Crippen LogP contribution >= 0.6 is 0 Å². The smallest absolute Gasteiger partial charge is 0.128 e. The molecule has 1 aliphatic rings. The van der Waals surface area contributed by atoms with Crippen LogP contribution in [0.1, 0.15) is 37.3 Å². The van der Waals surface area contributed by atoms with Gasteiger partial charge in [0.05, 0.1) is 13.2 Å². The van der Waals surface area contributed by atoms with Gasteiger partial charge in [0.2, 0.25) is 0 Å². The van der Waals surface area contributed by atoms with Crippen molar-refractivity contribution in [1.82, 2.24) is 10.2 Å². The van der Waals surface area contributed by atoms with Crippen LogP contribution in [0, 0.1) is 5.82 Å². The lowest BCUT2D eigenvalue weighted by Gasteiger charge is -2.26. The van der Waals surface area contributed by atoms with Crippen LogP contribution in [0.4, 0.5) is 4.39 Å². The first-order chi connectivity index (χ1) is 10.3. The van der Waals surface area contributed by atoms with Crippen LogP contribution in [0.3, 0.4) is 0 Å². The Hall–Kier alpha value is -0.970. The van der Waals surface area contributed by atoms with Gasteiger partial charge in [0.25, 0.3) is 0 Å². The first-order valence-electron chi connectivity index (χ1n) is 8.07. The summed E-state index contributed by atoms with van der Waals surface area (Å²) < 4.78 is 19.4. The molecule has 0 aliphatic carbocycles. The van der Waals surface area contributed by atoms with Gasteiger partial charge in [-0.25, -0.2) is 4.39 Å². The van der Waals surface area contributed by atoms with E-state index in [2.05, 4.69) is 17.1 Å². The zero-order valence-electron chi connectivity index (χ0n) is 13.0. The Morgan fingerprint density at radius 2 is 2.05 bits per heavy atom. The molecule has 1 saturated heterocycles. The maximum atomic E-state index is 13.8. The van der Waals surface area contributed by atoms with Gasteiger partial charge >= 0.3 is 0 Å². The van der Waals surface area contributed by atoms with E-state index in [4.69, 9.17) is 4.74 Å². The zero-order chi connectivity index (χ0) is 14.9. The molecule has 1 N–H and O–H groups in total. The Morgan fingerprint density at radius 1 is 1.24 bits per heavy atom. The van der Waals surface area contributed by atoms with Crippen molar-refractivity contribution in [2.24, 2.45) is 0 Å². The number of rotatable bonds is 8. The van der Waals surface area contributed by atoms with Crippen molar-refractivity contribution >= 4 is 0 Å². The van der Waals surface area contributed by atoms with Crippen LogP contribution in [-0.2, 0) is 17.9 Å². The highest BCUT2D eigenvalue weighted by atomic mass is 19.1. The van der Waals surface area contributed by atoms with Crippen LogP contribution in [0.25, 0.3) is 0 Å². The zero-order valence-corrected chi connectivity index (χ0v) is 13.0. The predicted molar refractivity (Wildman–Crippen MR) is 83.7 cm³/mol. The summed E-state index contributed by atoms with van der Waals surface area (Å²) in [6.45, 7) is 8.10. The summed E-state index contributed by atoms with van der Waals surface area (Å²) in [6.07, 6.45) is 3.93.